The fraction of sp³-hybridized carbons (Fsp3) is 0.533. The number of benzene rings is 1. The third-order valence-corrected chi connectivity index (χ3v) is 5.41. The summed E-state index contributed by atoms with van der Waals surface area (Å²) in [5.74, 6) is -0.192. The van der Waals surface area contributed by atoms with Gasteiger partial charge in [-0.1, -0.05) is 13.8 Å². The molecule has 0 aliphatic heterocycles. The van der Waals surface area contributed by atoms with Crippen molar-refractivity contribution in [3.05, 3.63) is 29.8 Å². The van der Waals surface area contributed by atoms with Crippen LogP contribution in [0.25, 0.3) is 0 Å². The maximum Gasteiger partial charge on any atom is 0.251 e. The third kappa shape index (κ3) is 4.79. The standard InChI is InChI=1S/C15H25N3O3S/c1-4-18(5-2)22(20,21)14-9-7-13(8-10-14)15(19)17-12-6-11-16-3/h7-10,16H,4-6,11-12H2,1-3H3,(H,17,19). The van der Waals surface area contributed by atoms with Crippen molar-refractivity contribution in [2.24, 2.45) is 0 Å². The number of carbonyl (C=O) groups excluding carboxylic acids is 1. The van der Waals surface area contributed by atoms with Gasteiger partial charge in [-0.2, -0.15) is 4.31 Å². The molecule has 6 nitrogen and oxygen atoms in total. The molecule has 7 heteroatoms. The van der Waals surface area contributed by atoms with Crippen molar-refractivity contribution in [1.29, 1.82) is 0 Å². The molecule has 22 heavy (non-hydrogen) atoms. The summed E-state index contributed by atoms with van der Waals surface area (Å²) in [7, 11) is -1.62. The van der Waals surface area contributed by atoms with Crippen molar-refractivity contribution in [2.45, 2.75) is 25.2 Å². The van der Waals surface area contributed by atoms with E-state index >= 15 is 0 Å². The van der Waals surface area contributed by atoms with Crippen molar-refractivity contribution in [3.8, 4) is 0 Å². The molecule has 0 radical (unpaired) electrons. The maximum absolute atomic E-state index is 12.3. The van der Waals surface area contributed by atoms with Gasteiger partial charge in [0.1, 0.15) is 0 Å². The van der Waals surface area contributed by atoms with Crippen LogP contribution in [0.5, 0.6) is 0 Å². The Labute approximate surface area is 132 Å². The predicted molar refractivity (Wildman–Crippen MR) is 87.4 cm³/mol. The van der Waals surface area contributed by atoms with E-state index in [0.29, 0.717) is 25.2 Å². The number of rotatable bonds is 9. The Hall–Kier alpha value is -1.44. The van der Waals surface area contributed by atoms with Gasteiger partial charge in [-0.3, -0.25) is 4.79 Å². The van der Waals surface area contributed by atoms with Crippen LogP contribution < -0.4 is 10.6 Å². The van der Waals surface area contributed by atoms with Crippen LogP contribution in [-0.2, 0) is 10.0 Å². The Bertz CT molecular complexity index is 566. The Morgan fingerprint density at radius 1 is 1.09 bits per heavy atom. The van der Waals surface area contributed by atoms with E-state index in [2.05, 4.69) is 10.6 Å². The first kappa shape index (κ1) is 18.6. The van der Waals surface area contributed by atoms with Gasteiger partial charge in [-0.25, -0.2) is 8.42 Å². The van der Waals surface area contributed by atoms with Gasteiger partial charge in [-0.05, 0) is 44.3 Å². The lowest BCUT2D eigenvalue weighted by Gasteiger charge is -2.18. The highest BCUT2D eigenvalue weighted by Gasteiger charge is 2.21. The zero-order chi connectivity index (χ0) is 16.6. The lowest BCUT2D eigenvalue weighted by molar-refractivity contribution is 0.0953. The minimum Gasteiger partial charge on any atom is -0.352 e. The van der Waals surface area contributed by atoms with Gasteiger partial charge in [-0.15, -0.1) is 0 Å². The maximum atomic E-state index is 12.3. The normalized spacial score (nSPS) is 11.6. The molecule has 0 aromatic heterocycles. The number of nitrogens with one attached hydrogen (secondary N) is 2. The zero-order valence-electron chi connectivity index (χ0n) is 13.4. The van der Waals surface area contributed by atoms with Crippen LogP contribution in [-0.4, -0.2) is 51.9 Å². The second-order valence-corrected chi connectivity index (χ2v) is 6.76. The van der Waals surface area contributed by atoms with E-state index < -0.39 is 10.0 Å². The lowest BCUT2D eigenvalue weighted by Crippen LogP contribution is -2.30. The van der Waals surface area contributed by atoms with E-state index in [1.54, 1.807) is 26.0 Å². The molecule has 0 aliphatic carbocycles. The Kier molecular flexibility index (Phi) is 7.50. The molecule has 0 atom stereocenters. The molecule has 2 N–H and O–H groups in total. The van der Waals surface area contributed by atoms with Crippen molar-refractivity contribution >= 4 is 15.9 Å². The Morgan fingerprint density at radius 2 is 1.68 bits per heavy atom. The molecule has 1 aromatic rings. The lowest BCUT2D eigenvalue weighted by atomic mass is 10.2. The van der Waals surface area contributed by atoms with Crippen molar-refractivity contribution < 1.29 is 13.2 Å². The van der Waals surface area contributed by atoms with Crippen LogP contribution >= 0.6 is 0 Å². The minimum absolute atomic E-state index is 0.192. The van der Waals surface area contributed by atoms with Gasteiger partial charge in [0.25, 0.3) is 5.91 Å². The molecule has 124 valence electrons. The fourth-order valence-corrected chi connectivity index (χ4v) is 3.52. The highest BCUT2D eigenvalue weighted by Crippen LogP contribution is 2.16. The van der Waals surface area contributed by atoms with Gasteiger partial charge in [0, 0.05) is 25.2 Å². The molecular formula is C15H25N3O3S. The predicted octanol–water partition coefficient (Wildman–Crippen LogP) is 1.06. The van der Waals surface area contributed by atoms with Crippen LogP contribution in [0.2, 0.25) is 0 Å². The first-order valence-corrected chi connectivity index (χ1v) is 8.94. The molecular weight excluding hydrogens is 302 g/mol. The summed E-state index contributed by atoms with van der Waals surface area (Å²) in [6, 6.07) is 6.06. The molecule has 0 aliphatic rings. The molecule has 1 amide bonds. The highest BCUT2D eigenvalue weighted by atomic mass is 32.2. The van der Waals surface area contributed by atoms with Crippen molar-refractivity contribution in [2.75, 3.05) is 33.2 Å². The van der Waals surface area contributed by atoms with Gasteiger partial charge in [0.2, 0.25) is 10.0 Å². The van der Waals surface area contributed by atoms with E-state index in [-0.39, 0.29) is 10.8 Å². The number of carbonyl (C=O) groups is 1. The average molecular weight is 327 g/mol. The zero-order valence-corrected chi connectivity index (χ0v) is 14.2. The molecule has 0 unspecified atom stereocenters. The SMILES string of the molecule is CCN(CC)S(=O)(=O)c1ccc(C(=O)NCCCNC)cc1. The second-order valence-electron chi connectivity index (χ2n) is 4.83. The summed E-state index contributed by atoms with van der Waals surface area (Å²) >= 11 is 0. The first-order chi connectivity index (χ1) is 10.5. The summed E-state index contributed by atoms with van der Waals surface area (Å²) < 4.78 is 26.1. The molecule has 0 bridgehead atoms. The van der Waals surface area contributed by atoms with E-state index in [4.69, 9.17) is 0 Å². The summed E-state index contributed by atoms with van der Waals surface area (Å²) in [6.07, 6.45) is 0.844. The Morgan fingerprint density at radius 3 is 2.18 bits per heavy atom. The van der Waals surface area contributed by atoms with Crippen molar-refractivity contribution in [1.82, 2.24) is 14.9 Å². The van der Waals surface area contributed by atoms with Crippen LogP contribution in [0.15, 0.2) is 29.2 Å². The molecule has 1 aromatic carbocycles. The number of hydrogen-bond acceptors (Lipinski definition) is 4. The number of amides is 1. The molecule has 0 heterocycles. The number of nitrogens with zero attached hydrogens (tertiary/aromatic N) is 1. The van der Waals surface area contributed by atoms with Gasteiger partial charge in [0.15, 0.2) is 0 Å². The topological polar surface area (TPSA) is 78.5 Å². The summed E-state index contributed by atoms with van der Waals surface area (Å²) in [5.41, 5.74) is 0.461. The quantitative estimate of drug-likeness (QED) is 0.665. The number of sulfonamides is 1. The highest BCUT2D eigenvalue weighted by molar-refractivity contribution is 7.89. The average Bonchev–Trinajstić information content (AvgIpc) is 2.52. The molecule has 0 spiro atoms. The van der Waals surface area contributed by atoms with Crippen LogP contribution in [0.1, 0.15) is 30.6 Å². The molecule has 0 fully saturated rings. The van der Waals surface area contributed by atoms with E-state index in [1.165, 1.54) is 16.4 Å². The van der Waals surface area contributed by atoms with E-state index in [1.807, 2.05) is 7.05 Å². The number of hydrogen-bond donors (Lipinski definition) is 2. The van der Waals surface area contributed by atoms with Crippen LogP contribution in [0, 0.1) is 0 Å². The fourth-order valence-electron chi connectivity index (χ4n) is 2.06. The smallest absolute Gasteiger partial charge is 0.251 e. The molecule has 0 saturated heterocycles. The van der Waals surface area contributed by atoms with Crippen molar-refractivity contribution in [3.63, 3.8) is 0 Å². The second kappa shape index (κ2) is 8.87. The summed E-state index contributed by atoms with van der Waals surface area (Å²) in [4.78, 5) is 12.1. The minimum atomic E-state index is -3.47. The monoisotopic (exact) mass is 327 g/mol. The van der Waals surface area contributed by atoms with Gasteiger partial charge < -0.3 is 10.6 Å². The Balaban J connectivity index is 2.76. The third-order valence-electron chi connectivity index (χ3n) is 3.35. The largest absolute Gasteiger partial charge is 0.352 e. The van der Waals surface area contributed by atoms with Gasteiger partial charge >= 0.3 is 0 Å². The van der Waals surface area contributed by atoms with Crippen LogP contribution in [0.3, 0.4) is 0 Å². The summed E-state index contributed by atoms with van der Waals surface area (Å²) in [5, 5.41) is 5.80. The summed E-state index contributed by atoms with van der Waals surface area (Å²) in [6.45, 7) is 5.86. The van der Waals surface area contributed by atoms with E-state index in [9.17, 15) is 13.2 Å². The molecule has 1 rings (SSSR count). The van der Waals surface area contributed by atoms with E-state index in [0.717, 1.165) is 13.0 Å². The van der Waals surface area contributed by atoms with Crippen LogP contribution in [0.4, 0.5) is 0 Å². The molecule has 0 saturated carbocycles. The first-order valence-electron chi connectivity index (χ1n) is 7.50. The van der Waals surface area contributed by atoms with Gasteiger partial charge in [0.05, 0.1) is 4.90 Å².